The Morgan fingerprint density at radius 1 is 1.48 bits per heavy atom. The zero-order valence-electron chi connectivity index (χ0n) is 12.2. The first-order valence-corrected chi connectivity index (χ1v) is 6.46. The van der Waals surface area contributed by atoms with Crippen molar-refractivity contribution in [2.45, 2.75) is 38.6 Å². The minimum Gasteiger partial charge on any atom is -0.444 e. The van der Waals surface area contributed by atoms with Crippen molar-refractivity contribution in [2.75, 3.05) is 6.54 Å². The van der Waals surface area contributed by atoms with Gasteiger partial charge in [-0.2, -0.15) is 0 Å². The van der Waals surface area contributed by atoms with Gasteiger partial charge in [-0.05, 0) is 26.8 Å². The van der Waals surface area contributed by atoms with Crippen molar-refractivity contribution in [3.8, 4) is 0 Å². The second-order valence-corrected chi connectivity index (χ2v) is 5.52. The van der Waals surface area contributed by atoms with Gasteiger partial charge in [-0.15, -0.1) is 0 Å². The molecule has 0 radical (unpaired) electrons. The number of nitrogens with one attached hydrogen (secondary N) is 1. The monoisotopic (exact) mass is 296 g/mol. The molecule has 2 unspecified atom stereocenters. The van der Waals surface area contributed by atoms with Gasteiger partial charge in [0.05, 0.1) is 0 Å². The maximum atomic E-state index is 11.5. The molecule has 0 spiro atoms. The van der Waals surface area contributed by atoms with Crippen molar-refractivity contribution in [1.29, 1.82) is 0 Å². The summed E-state index contributed by atoms with van der Waals surface area (Å²) >= 11 is 0. The Bertz CT molecular complexity index is 498. The molecule has 7 nitrogen and oxygen atoms in total. The van der Waals surface area contributed by atoms with E-state index >= 15 is 0 Å². The van der Waals surface area contributed by atoms with Crippen LogP contribution in [0.4, 0.5) is 4.79 Å². The molecule has 0 aliphatic rings. The van der Waals surface area contributed by atoms with Crippen LogP contribution in [0.1, 0.15) is 42.8 Å². The zero-order valence-corrected chi connectivity index (χ0v) is 12.2. The molecule has 0 fully saturated rings. The summed E-state index contributed by atoms with van der Waals surface area (Å²) in [4.78, 5) is 26.1. The van der Waals surface area contributed by atoms with Crippen molar-refractivity contribution in [2.24, 2.45) is 0 Å². The zero-order chi connectivity index (χ0) is 16.0. The van der Waals surface area contributed by atoms with Crippen LogP contribution in [0.2, 0.25) is 0 Å². The molecule has 0 saturated carbocycles. The molecule has 2 atom stereocenters. The van der Waals surface area contributed by atoms with Crippen molar-refractivity contribution in [1.82, 2.24) is 10.3 Å². The van der Waals surface area contributed by atoms with Gasteiger partial charge >= 0.3 is 6.09 Å². The molecular formula is C14H20N2O5. The fourth-order valence-corrected chi connectivity index (χ4v) is 1.59. The second kappa shape index (κ2) is 7.14. The molecular weight excluding hydrogens is 276 g/mol. The third-order valence-corrected chi connectivity index (χ3v) is 2.55. The highest BCUT2D eigenvalue weighted by atomic mass is 16.6. The third-order valence-electron chi connectivity index (χ3n) is 2.55. The second-order valence-electron chi connectivity index (χ2n) is 5.52. The number of ether oxygens (including phenoxy) is 1. The molecule has 21 heavy (non-hydrogen) atoms. The molecule has 1 aromatic heterocycles. The van der Waals surface area contributed by atoms with Crippen LogP contribution in [0.3, 0.4) is 0 Å². The van der Waals surface area contributed by atoms with Gasteiger partial charge in [0.1, 0.15) is 17.8 Å². The van der Waals surface area contributed by atoms with Gasteiger partial charge in [0.2, 0.25) is 0 Å². The van der Waals surface area contributed by atoms with E-state index in [0.29, 0.717) is 6.29 Å². The molecule has 1 rings (SSSR count). The lowest BCUT2D eigenvalue weighted by molar-refractivity contribution is 0.0125. The summed E-state index contributed by atoms with van der Waals surface area (Å²) in [5.41, 5.74) is -0.221. The maximum absolute atomic E-state index is 11.5. The Hall–Kier alpha value is -1.99. The van der Waals surface area contributed by atoms with Crippen molar-refractivity contribution in [3.05, 3.63) is 29.6 Å². The van der Waals surface area contributed by atoms with E-state index in [9.17, 15) is 19.8 Å². The predicted octanol–water partition coefficient (Wildman–Crippen LogP) is 0.813. The number of carbonyl (C=O) groups is 2. The normalized spacial score (nSPS) is 14.1. The summed E-state index contributed by atoms with van der Waals surface area (Å²) in [6, 6.07) is 1.43. The number of aliphatic hydroxyl groups is 2. The van der Waals surface area contributed by atoms with Crippen molar-refractivity contribution >= 4 is 12.4 Å². The number of aliphatic hydroxyl groups excluding tert-OH is 2. The van der Waals surface area contributed by atoms with Gasteiger partial charge < -0.3 is 20.3 Å². The summed E-state index contributed by atoms with van der Waals surface area (Å²) < 4.78 is 5.01. The fraction of sp³-hybridized carbons (Fsp3) is 0.500. The molecule has 1 aromatic rings. The maximum Gasteiger partial charge on any atom is 0.407 e. The number of aldehydes is 1. The number of aromatic nitrogens is 1. The number of hydrogen-bond donors (Lipinski definition) is 3. The molecule has 0 bridgehead atoms. The molecule has 1 amide bonds. The van der Waals surface area contributed by atoms with Gasteiger partial charge in [0, 0.05) is 30.1 Å². The lowest BCUT2D eigenvalue weighted by Gasteiger charge is -2.22. The van der Waals surface area contributed by atoms with E-state index in [4.69, 9.17) is 4.74 Å². The van der Waals surface area contributed by atoms with E-state index in [-0.39, 0.29) is 17.7 Å². The lowest BCUT2D eigenvalue weighted by atomic mass is 10.0. The van der Waals surface area contributed by atoms with E-state index in [1.807, 2.05) is 0 Å². The van der Waals surface area contributed by atoms with Crippen LogP contribution < -0.4 is 5.32 Å². The highest BCUT2D eigenvalue weighted by Gasteiger charge is 2.23. The van der Waals surface area contributed by atoms with E-state index in [0.717, 1.165) is 0 Å². The Morgan fingerprint density at radius 3 is 2.71 bits per heavy atom. The predicted molar refractivity (Wildman–Crippen MR) is 74.8 cm³/mol. The van der Waals surface area contributed by atoms with Crippen molar-refractivity contribution < 1.29 is 24.5 Å². The van der Waals surface area contributed by atoms with Crippen LogP contribution in [0.15, 0.2) is 18.5 Å². The van der Waals surface area contributed by atoms with E-state index < -0.39 is 23.9 Å². The van der Waals surface area contributed by atoms with Crippen LogP contribution in [0, 0.1) is 0 Å². The van der Waals surface area contributed by atoms with Crippen molar-refractivity contribution in [3.63, 3.8) is 0 Å². The quantitative estimate of drug-likeness (QED) is 0.694. The van der Waals surface area contributed by atoms with E-state index in [2.05, 4.69) is 10.3 Å². The Labute approximate surface area is 123 Å². The molecule has 0 aliphatic heterocycles. The average molecular weight is 296 g/mol. The van der Waals surface area contributed by atoms with E-state index in [1.165, 1.54) is 18.5 Å². The van der Waals surface area contributed by atoms with Crippen LogP contribution in [-0.4, -0.2) is 45.8 Å². The molecule has 116 valence electrons. The van der Waals surface area contributed by atoms with Gasteiger partial charge in [0.15, 0.2) is 6.29 Å². The summed E-state index contributed by atoms with van der Waals surface area (Å²) in [7, 11) is 0. The average Bonchev–Trinajstić information content (AvgIpc) is 2.42. The Kier molecular flexibility index (Phi) is 5.80. The summed E-state index contributed by atoms with van der Waals surface area (Å²) in [6.07, 6.45) is -0.0604. The van der Waals surface area contributed by atoms with E-state index in [1.54, 1.807) is 20.8 Å². The first-order chi connectivity index (χ1) is 9.74. The van der Waals surface area contributed by atoms with Gasteiger partial charge in [-0.1, -0.05) is 0 Å². The Morgan fingerprint density at radius 2 is 2.14 bits per heavy atom. The SMILES string of the molecule is CC(C)(C)OC(=O)NCC(O)C(O)c1cnccc1C=O. The molecule has 7 heteroatoms. The van der Waals surface area contributed by atoms with Gasteiger partial charge in [-0.3, -0.25) is 9.78 Å². The summed E-state index contributed by atoms with van der Waals surface area (Å²) in [6.45, 7) is 4.92. The number of rotatable bonds is 5. The van der Waals surface area contributed by atoms with Crippen LogP contribution in [-0.2, 0) is 4.74 Å². The topological polar surface area (TPSA) is 109 Å². The first-order valence-electron chi connectivity index (χ1n) is 6.46. The molecule has 0 aliphatic carbocycles. The number of pyridine rings is 1. The minimum absolute atomic E-state index is 0.200. The number of alkyl carbamates (subject to hydrolysis) is 1. The smallest absolute Gasteiger partial charge is 0.407 e. The molecule has 0 saturated heterocycles. The molecule has 3 N–H and O–H groups in total. The third kappa shape index (κ3) is 5.49. The largest absolute Gasteiger partial charge is 0.444 e. The molecule has 0 aromatic carbocycles. The van der Waals surface area contributed by atoms with Gasteiger partial charge in [0.25, 0.3) is 0 Å². The number of nitrogens with zero attached hydrogens (tertiary/aromatic N) is 1. The summed E-state index contributed by atoms with van der Waals surface area (Å²) in [5, 5.41) is 22.2. The lowest BCUT2D eigenvalue weighted by Crippen LogP contribution is -2.39. The number of hydrogen-bond acceptors (Lipinski definition) is 6. The minimum atomic E-state index is -1.34. The molecule has 1 heterocycles. The van der Waals surface area contributed by atoms with Crippen LogP contribution in [0.5, 0.6) is 0 Å². The Balaban J connectivity index is 2.61. The first kappa shape index (κ1) is 17.1. The standard InChI is InChI=1S/C14H20N2O5/c1-14(2,3)21-13(20)16-7-11(18)12(19)10-6-15-5-4-9(10)8-17/h4-6,8,11-12,18-19H,7H2,1-3H3,(H,16,20). The highest BCUT2D eigenvalue weighted by molar-refractivity contribution is 5.77. The van der Waals surface area contributed by atoms with Gasteiger partial charge in [-0.25, -0.2) is 4.79 Å². The fourth-order valence-electron chi connectivity index (χ4n) is 1.59. The summed E-state index contributed by atoms with van der Waals surface area (Å²) in [5.74, 6) is 0. The highest BCUT2D eigenvalue weighted by Crippen LogP contribution is 2.19. The number of carbonyl (C=O) groups excluding carboxylic acids is 2. The van der Waals surface area contributed by atoms with Crippen LogP contribution >= 0.6 is 0 Å². The number of amides is 1. The van der Waals surface area contributed by atoms with Crippen LogP contribution in [0.25, 0.3) is 0 Å².